The Balaban J connectivity index is 1.79. The quantitative estimate of drug-likeness (QED) is 0.514. The topological polar surface area (TPSA) is 123 Å². The van der Waals surface area contributed by atoms with Crippen LogP contribution in [0.25, 0.3) is 0 Å². The zero-order chi connectivity index (χ0) is 17.2. The summed E-state index contributed by atoms with van der Waals surface area (Å²) in [7, 11) is -3.64. The lowest BCUT2D eigenvalue weighted by atomic mass is 10.1. The van der Waals surface area contributed by atoms with E-state index in [2.05, 4.69) is 20.6 Å². The van der Waals surface area contributed by atoms with Crippen LogP contribution in [-0.2, 0) is 21.1 Å². The van der Waals surface area contributed by atoms with Crippen molar-refractivity contribution < 1.29 is 18.0 Å². The van der Waals surface area contributed by atoms with E-state index in [0.717, 1.165) is 11.3 Å². The second-order valence-electron chi connectivity index (χ2n) is 4.73. The summed E-state index contributed by atoms with van der Waals surface area (Å²) in [5.74, 6) is -1.92. The number of rotatable bonds is 6. The molecule has 0 spiro atoms. The predicted octanol–water partition coefficient (Wildman–Crippen LogP) is 1.09. The first-order chi connectivity index (χ1) is 11.5. The van der Waals surface area contributed by atoms with Crippen LogP contribution in [0.15, 0.2) is 51.6 Å². The highest BCUT2D eigenvalue weighted by molar-refractivity contribution is 7.91. The molecule has 0 aliphatic rings. The normalized spacial score (nSPS) is 11.3. The summed E-state index contributed by atoms with van der Waals surface area (Å²) < 4.78 is 25.0. The minimum atomic E-state index is -3.64. The van der Waals surface area contributed by atoms with E-state index in [4.69, 9.17) is 0 Å². The Labute approximate surface area is 140 Å². The van der Waals surface area contributed by atoms with E-state index in [1.54, 1.807) is 18.2 Å². The number of aromatic nitrogens is 4. The Morgan fingerprint density at radius 2 is 1.88 bits per heavy atom. The van der Waals surface area contributed by atoms with Crippen LogP contribution in [0.2, 0.25) is 0 Å². The van der Waals surface area contributed by atoms with E-state index in [1.165, 1.54) is 23.6 Å². The molecule has 0 bridgehead atoms. The van der Waals surface area contributed by atoms with Crippen molar-refractivity contribution in [3.05, 3.63) is 52.5 Å². The molecule has 0 radical (unpaired) electrons. The van der Waals surface area contributed by atoms with Crippen LogP contribution in [0.5, 0.6) is 0 Å². The van der Waals surface area contributed by atoms with Gasteiger partial charge in [0.05, 0.1) is 9.79 Å². The van der Waals surface area contributed by atoms with Crippen LogP contribution in [0.1, 0.15) is 15.5 Å². The predicted molar refractivity (Wildman–Crippen MR) is 83.4 cm³/mol. The lowest BCUT2D eigenvalue weighted by Gasteiger charge is -2.00. The fourth-order valence-corrected chi connectivity index (χ4v) is 4.51. The molecule has 24 heavy (non-hydrogen) atoms. The molecule has 0 unspecified atom stereocenters. The summed E-state index contributed by atoms with van der Waals surface area (Å²) in [6.45, 7) is 0. The van der Waals surface area contributed by atoms with E-state index in [0.29, 0.717) is 4.88 Å². The number of thiophene rings is 1. The Morgan fingerprint density at radius 3 is 2.54 bits per heavy atom. The molecule has 0 fully saturated rings. The Kier molecular flexibility index (Phi) is 4.32. The zero-order valence-corrected chi connectivity index (χ0v) is 13.7. The highest BCUT2D eigenvalue weighted by Crippen LogP contribution is 2.26. The van der Waals surface area contributed by atoms with Crippen molar-refractivity contribution in [2.75, 3.05) is 0 Å². The van der Waals surface area contributed by atoms with Crippen molar-refractivity contribution in [2.45, 2.75) is 16.2 Å². The van der Waals surface area contributed by atoms with Crippen LogP contribution in [0.4, 0.5) is 0 Å². The summed E-state index contributed by atoms with van der Waals surface area (Å²) in [6, 6.07) is 9.38. The van der Waals surface area contributed by atoms with Crippen molar-refractivity contribution >= 4 is 32.7 Å². The van der Waals surface area contributed by atoms with Gasteiger partial charge in [0, 0.05) is 16.7 Å². The van der Waals surface area contributed by atoms with Crippen LogP contribution in [-0.4, -0.2) is 40.6 Å². The van der Waals surface area contributed by atoms with Crippen LogP contribution < -0.4 is 0 Å². The highest BCUT2D eigenvalue weighted by atomic mass is 32.2. The van der Waals surface area contributed by atoms with Gasteiger partial charge in [-0.15, -0.1) is 21.5 Å². The van der Waals surface area contributed by atoms with E-state index in [1.807, 2.05) is 0 Å². The Morgan fingerprint density at radius 1 is 1.12 bits per heavy atom. The maximum absolute atomic E-state index is 12.5. The number of carbonyl (C=O) groups is 2. The summed E-state index contributed by atoms with van der Waals surface area (Å²) in [4.78, 5) is 24.4. The number of hydrogen-bond acceptors (Lipinski definition) is 8. The molecule has 10 heteroatoms. The number of benzene rings is 1. The summed E-state index contributed by atoms with van der Waals surface area (Å²) in [6.07, 6.45) is -0.220. The van der Waals surface area contributed by atoms with Crippen molar-refractivity contribution in [1.29, 1.82) is 0 Å². The van der Waals surface area contributed by atoms with Gasteiger partial charge in [-0.3, -0.25) is 9.59 Å². The Hall–Kier alpha value is -2.72. The molecule has 2 aromatic heterocycles. The fourth-order valence-electron chi connectivity index (χ4n) is 1.95. The van der Waals surface area contributed by atoms with Gasteiger partial charge in [-0.2, -0.15) is 5.21 Å². The first kappa shape index (κ1) is 16.1. The van der Waals surface area contributed by atoms with Gasteiger partial charge >= 0.3 is 0 Å². The molecule has 0 saturated carbocycles. The van der Waals surface area contributed by atoms with Gasteiger partial charge in [0.25, 0.3) is 5.78 Å². The average Bonchev–Trinajstić information content (AvgIpc) is 3.27. The molecule has 122 valence electrons. The van der Waals surface area contributed by atoms with E-state index >= 15 is 0 Å². The molecule has 0 saturated heterocycles. The SMILES string of the molecule is O=C(Cc1cc(S(=O)(=O)c2ccccc2)cs1)C(=O)c1nn[nH]n1. The molecule has 0 aliphatic carbocycles. The van der Waals surface area contributed by atoms with Gasteiger partial charge in [0.15, 0.2) is 0 Å². The number of hydrogen-bond donors (Lipinski definition) is 1. The minimum absolute atomic E-state index is 0.0912. The molecule has 0 amide bonds. The third-order valence-electron chi connectivity index (χ3n) is 3.13. The third-order valence-corrected chi connectivity index (χ3v) is 5.96. The molecule has 3 aromatic rings. The molecule has 0 aliphatic heterocycles. The highest BCUT2D eigenvalue weighted by Gasteiger charge is 2.23. The fraction of sp³-hybridized carbons (Fsp3) is 0.0714. The smallest absolute Gasteiger partial charge is 0.269 e. The molecule has 0 atom stereocenters. The van der Waals surface area contributed by atoms with Crippen molar-refractivity contribution in [2.24, 2.45) is 0 Å². The van der Waals surface area contributed by atoms with E-state index in [-0.39, 0.29) is 22.0 Å². The maximum atomic E-state index is 12.5. The number of H-pyrrole nitrogens is 1. The van der Waals surface area contributed by atoms with Gasteiger partial charge < -0.3 is 0 Å². The molecule has 3 rings (SSSR count). The molecular weight excluding hydrogens is 352 g/mol. The van der Waals surface area contributed by atoms with Gasteiger partial charge in [0.2, 0.25) is 21.4 Å². The number of carbonyl (C=O) groups excluding carboxylic acids is 2. The van der Waals surface area contributed by atoms with Gasteiger partial charge in [-0.25, -0.2) is 8.42 Å². The Bertz CT molecular complexity index is 979. The second-order valence-corrected chi connectivity index (χ2v) is 7.68. The van der Waals surface area contributed by atoms with Crippen LogP contribution >= 0.6 is 11.3 Å². The number of ketones is 2. The largest absolute Gasteiger partial charge is 0.290 e. The zero-order valence-electron chi connectivity index (χ0n) is 12.0. The summed E-state index contributed by atoms with van der Waals surface area (Å²) >= 11 is 1.10. The number of Topliss-reactive ketones (excluding diaryl/α,β-unsaturated/α-hetero) is 2. The van der Waals surface area contributed by atoms with Crippen molar-refractivity contribution in [3.63, 3.8) is 0 Å². The van der Waals surface area contributed by atoms with Crippen LogP contribution in [0, 0.1) is 0 Å². The van der Waals surface area contributed by atoms with Gasteiger partial charge in [-0.05, 0) is 23.4 Å². The lowest BCUT2D eigenvalue weighted by molar-refractivity contribution is -0.114. The van der Waals surface area contributed by atoms with E-state index in [9.17, 15) is 18.0 Å². The molecule has 1 aromatic carbocycles. The molecule has 8 nitrogen and oxygen atoms in total. The first-order valence-corrected chi connectivity index (χ1v) is 9.03. The minimum Gasteiger partial charge on any atom is -0.290 e. The molecular formula is C14H10N4O4S2. The number of nitrogens with zero attached hydrogens (tertiary/aromatic N) is 3. The second kappa shape index (κ2) is 6.42. The maximum Gasteiger partial charge on any atom is 0.269 e. The van der Waals surface area contributed by atoms with Gasteiger partial charge in [-0.1, -0.05) is 18.2 Å². The first-order valence-electron chi connectivity index (χ1n) is 6.67. The monoisotopic (exact) mass is 362 g/mol. The number of sulfone groups is 1. The average molecular weight is 362 g/mol. The van der Waals surface area contributed by atoms with Crippen molar-refractivity contribution in [3.8, 4) is 0 Å². The van der Waals surface area contributed by atoms with Gasteiger partial charge in [0.1, 0.15) is 0 Å². The lowest BCUT2D eigenvalue weighted by Crippen LogP contribution is -2.17. The third kappa shape index (κ3) is 3.14. The standard InChI is InChI=1S/C14H10N4O4S2/c19-12(13(20)14-15-17-18-16-14)7-9-6-11(8-23-9)24(21,22)10-4-2-1-3-5-10/h1-6,8H,7H2,(H,15,16,17,18). The number of nitrogens with one attached hydrogen (secondary N) is 1. The van der Waals surface area contributed by atoms with E-state index < -0.39 is 21.4 Å². The summed E-state index contributed by atoms with van der Waals surface area (Å²) in [5.41, 5.74) is 0. The van der Waals surface area contributed by atoms with Crippen molar-refractivity contribution in [1.82, 2.24) is 20.6 Å². The molecule has 1 N–H and O–H groups in total. The summed E-state index contributed by atoms with van der Waals surface area (Å²) in [5, 5.41) is 13.7. The number of tetrazole rings is 1. The molecule has 2 heterocycles. The van der Waals surface area contributed by atoms with Crippen LogP contribution in [0.3, 0.4) is 0 Å². The number of aromatic amines is 1.